The van der Waals surface area contributed by atoms with Gasteiger partial charge in [-0.15, -0.1) is 0 Å². The van der Waals surface area contributed by atoms with E-state index in [0.717, 1.165) is 0 Å². The van der Waals surface area contributed by atoms with Crippen molar-refractivity contribution in [1.82, 2.24) is 0 Å². The zero-order valence-electron chi connectivity index (χ0n) is 8.88. The van der Waals surface area contributed by atoms with Crippen molar-refractivity contribution in [2.24, 2.45) is 0 Å². The summed E-state index contributed by atoms with van der Waals surface area (Å²) in [5.41, 5.74) is 0. The maximum Gasteiger partial charge on any atom is 0.250 e. The van der Waals surface area contributed by atoms with Crippen LogP contribution in [0.4, 0.5) is 0 Å². The lowest BCUT2D eigenvalue weighted by molar-refractivity contribution is -0.243. The van der Waals surface area contributed by atoms with Gasteiger partial charge >= 0.3 is 0 Å². The van der Waals surface area contributed by atoms with Gasteiger partial charge in [-0.1, -0.05) is 0 Å². The number of hydrogen-bond donors (Lipinski definition) is 0. The quantitative estimate of drug-likeness (QED) is 0.484. The van der Waals surface area contributed by atoms with Gasteiger partial charge in [0.05, 0.1) is 0 Å². The standard InChI is InChI=1S/C6H20O3Si3/c1-6(7-10,8-11(2)3)9-12(4)5/h11-12H,1-5,10H3. The summed E-state index contributed by atoms with van der Waals surface area (Å²) in [6, 6.07) is 0. The van der Waals surface area contributed by atoms with Gasteiger partial charge in [0.1, 0.15) is 0 Å². The molecule has 0 fully saturated rings. The van der Waals surface area contributed by atoms with Crippen molar-refractivity contribution in [3.05, 3.63) is 0 Å². The molecule has 0 rings (SSSR count). The van der Waals surface area contributed by atoms with Gasteiger partial charge in [-0.3, -0.25) is 0 Å². The predicted molar refractivity (Wildman–Crippen MR) is 59.4 cm³/mol. The van der Waals surface area contributed by atoms with Crippen molar-refractivity contribution in [3.63, 3.8) is 0 Å². The highest BCUT2D eigenvalue weighted by Gasteiger charge is 2.27. The summed E-state index contributed by atoms with van der Waals surface area (Å²) < 4.78 is 16.6. The molecule has 0 atom stereocenters. The van der Waals surface area contributed by atoms with Crippen LogP contribution in [0.2, 0.25) is 26.2 Å². The first-order valence-electron chi connectivity index (χ1n) is 4.30. The zero-order chi connectivity index (χ0) is 9.78. The molecule has 74 valence electrons. The van der Waals surface area contributed by atoms with Gasteiger partial charge < -0.3 is 13.3 Å². The van der Waals surface area contributed by atoms with E-state index in [-0.39, 0.29) is 0 Å². The van der Waals surface area contributed by atoms with E-state index in [1.165, 1.54) is 0 Å². The topological polar surface area (TPSA) is 27.7 Å². The highest BCUT2D eigenvalue weighted by molar-refractivity contribution is 6.49. The van der Waals surface area contributed by atoms with E-state index in [9.17, 15) is 0 Å². The molecule has 0 aliphatic carbocycles. The van der Waals surface area contributed by atoms with Gasteiger partial charge in [-0.05, 0) is 26.2 Å². The molecule has 0 aliphatic rings. The molecule has 0 N–H and O–H groups in total. The van der Waals surface area contributed by atoms with Crippen LogP contribution in [-0.2, 0) is 13.3 Å². The van der Waals surface area contributed by atoms with Gasteiger partial charge in [0.2, 0.25) is 5.97 Å². The molecular weight excluding hydrogens is 204 g/mol. The molecule has 0 amide bonds. The van der Waals surface area contributed by atoms with E-state index in [2.05, 4.69) is 26.2 Å². The van der Waals surface area contributed by atoms with Crippen molar-refractivity contribution < 1.29 is 13.3 Å². The first-order valence-corrected chi connectivity index (χ1v) is 10.7. The normalized spacial score (nSPS) is 13.2. The first-order chi connectivity index (χ1) is 5.39. The molecular formula is C6H20O3Si3. The monoisotopic (exact) mass is 224 g/mol. The minimum atomic E-state index is -1.08. The van der Waals surface area contributed by atoms with Crippen LogP contribution in [0.3, 0.4) is 0 Å². The van der Waals surface area contributed by atoms with Crippen LogP contribution in [0, 0.1) is 0 Å². The molecule has 0 aromatic rings. The highest BCUT2D eigenvalue weighted by atomic mass is 28.3. The van der Waals surface area contributed by atoms with E-state index >= 15 is 0 Å². The Kier molecular flexibility index (Phi) is 5.54. The second-order valence-corrected chi connectivity index (χ2v) is 8.47. The summed E-state index contributed by atoms with van der Waals surface area (Å²) in [5, 5.41) is 0. The number of hydrogen-bond acceptors (Lipinski definition) is 3. The molecule has 0 aliphatic heterocycles. The number of rotatable bonds is 5. The third-order valence-corrected chi connectivity index (χ3v) is 3.81. The fourth-order valence-electron chi connectivity index (χ4n) is 0.980. The molecule has 0 spiro atoms. The summed E-state index contributed by atoms with van der Waals surface area (Å²) in [5.74, 6) is -0.729. The van der Waals surface area contributed by atoms with E-state index in [1.807, 2.05) is 6.92 Å². The zero-order valence-corrected chi connectivity index (χ0v) is 13.2. The maximum atomic E-state index is 5.66. The highest BCUT2D eigenvalue weighted by Crippen LogP contribution is 2.15. The fraction of sp³-hybridized carbons (Fsp3) is 1.00. The molecule has 0 aromatic heterocycles. The Labute approximate surface area is 81.4 Å². The Morgan fingerprint density at radius 2 is 1.33 bits per heavy atom. The maximum absolute atomic E-state index is 5.66. The van der Waals surface area contributed by atoms with Crippen LogP contribution in [-0.4, -0.2) is 34.5 Å². The molecule has 12 heavy (non-hydrogen) atoms. The van der Waals surface area contributed by atoms with E-state index in [4.69, 9.17) is 13.3 Å². The summed E-state index contributed by atoms with van der Waals surface area (Å²) >= 11 is 0. The summed E-state index contributed by atoms with van der Waals surface area (Å²) in [6.45, 7) is 10.3. The van der Waals surface area contributed by atoms with Gasteiger partial charge in [0, 0.05) is 6.92 Å². The van der Waals surface area contributed by atoms with Crippen molar-refractivity contribution in [2.75, 3.05) is 0 Å². The average molecular weight is 224 g/mol. The minimum absolute atomic E-state index is 0.652. The second kappa shape index (κ2) is 5.30. The van der Waals surface area contributed by atoms with Crippen LogP contribution < -0.4 is 0 Å². The van der Waals surface area contributed by atoms with Crippen LogP contribution in [0.5, 0.6) is 0 Å². The third kappa shape index (κ3) is 5.22. The van der Waals surface area contributed by atoms with Gasteiger partial charge in [-0.2, -0.15) is 0 Å². The van der Waals surface area contributed by atoms with Gasteiger partial charge in [0.25, 0.3) is 0 Å². The largest absolute Gasteiger partial charge is 0.382 e. The predicted octanol–water partition coefficient (Wildman–Crippen LogP) is -0.0429. The molecule has 6 heteroatoms. The Morgan fingerprint density at radius 1 is 1.00 bits per heavy atom. The van der Waals surface area contributed by atoms with Crippen LogP contribution in [0.1, 0.15) is 6.92 Å². The average Bonchev–Trinajstić information content (AvgIpc) is 1.83. The summed E-state index contributed by atoms with van der Waals surface area (Å²) in [4.78, 5) is 0. The van der Waals surface area contributed by atoms with Crippen LogP contribution in [0.25, 0.3) is 0 Å². The first kappa shape index (κ1) is 12.5. The Morgan fingerprint density at radius 3 is 1.50 bits per heavy atom. The summed E-state index contributed by atoms with van der Waals surface area (Å²) in [7, 11) is -1.50. The fourth-order valence-corrected chi connectivity index (χ4v) is 3.68. The van der Waals surface area contributed by atoms with Crippen molar-refractivity contribution in [1.29, 1.82) is 0 Å². The Bertz CT molecular complexity index is 119. The lowest BCUT2D eigenvalue weighted by Gasteiger charge is -2.32. The smallest absolute Gasteiger partial charge is 0.250 e. The second-order valence-electron chi connectivity index (χ2n) is 3.40. The molecule has 0 bridgehead atoms. The lowest BCUT2D eigenvalue weighted by atomic mass is 10.7. The van der Waals surface area contributed by atoms with Crippen molar-refractivity contribution in [3.8, 4) is 0 Å². The third-order valence-electron chi connectivity index (χ3n) is 1.27. The van der Waals surface area contributed by atoms with Gasteiger partial charge in [-0.25, -0.2) is 0 Å². The molecule has 0 heterocycles. The van der Waals surface area contributed by atoms with Gasteiger partial charge in [0.15, 0.2) is 28.6 Å². The Balaban J connectivity index is 4.04. The van der Waals surface area contributed by atoms with Crippen LogP contribution in [0.15, 0.2) is 0 Å². The lowest BCUT2D eigenvalue weighted by Crippen LogP contribution is -2.41. The molecule has 0 saturated heterocycles. The van der Waals surface area contributed by atoms with Crippen LogP contribution >= 0.6 is 0 Å². The minimum Gasteiger partial charge on any atom is -0.382 e. The molecule has 0 radical (unpaired) electrons. The molecule has 0 saturated carbocycles. The molecule has 3 nitrogen and oxygen atoms in total. The molecule has 0 aromatic carbocycles. The summed E-state index contributed by atoms with van der Waals surface area (Å²) in [6.07, 6.45) is 0. The van der Waals surface area contributed by atoms with Crippen molar-refractivity contribution in [2.45, 2.75) is 39.1 Å². The van der Waals surface area contributed by atoms with E-state index in [1.54, 1.807) is 0 Å². The Hall–Kier alpha value is 0.531. The molecule has 0 unspecified atom stereocenters. The van der Waals surface area contributed by atoms with Crippen molar-refractivity contribution >= 4 is 28.6 Å². The SMILES string of the molecule is C[SiH](C)OC(C)(O[SiH3])O[SiH](C)C. The van der Waals surface area contributed by atoms with E-state index < -0.39 is 24.1 Å². The van der Waals surface area contributed by atoms with E-state index in [0.29, 0.717) is 10.5 Å².